The standard InChI is InChI=1S/C25H22N2O2/c28-22-16-15-19-11-7-8-14-21(19)23(22)24(20-12-5-2-6-13-20)27-25(29)26-17-18-9-3-1-4-10-18/h1-16,24,28H,17H2,(H2,26,27,29). The van der Waals surface area contributed by atoms with Gasteiger partial charge in [-0.3, -0.25) is 0 Å². The number of nitrogens with one attached hydrogen (secondary N) is 2. The highest BCUT2D eigenvalue weighted by Gasteiger charge is 2.22. The maximum atomic E-state index is 12.7. The molecule has 2 amide bonds. The highest BCUT2D eigenvalue weighted by molar-refractivity contribution is 5.89. The molecule has 144 valence electrons. The normalized spacial score (nSPS) is 11.7. The van der Waals surface area contributed by atoms with Gasteiger partial charge in [0.25, 0.3) is 0 Å². The van der Waals surface area contributed by atoms with Crippen LogP contribution in [0.3, 0.4) is 0 Å². The van der Waals surface area contributed by atoms with Crippen molar-refractivity contribution in [2.45, 2.75) is 12.6 Å². The van der Waals surface area contributed by atoms with Crippen LogP contribution in [0, 0.1) is 0 Å². The lowest BCUT2D eigenvalue weighted by atomic mass is 9.93. The summed E-state index contributed by atoms with van der Waals surface area (Å²) in [6, 6.07) is 30.0. The Bertz CT molecular complexity index is 1110. The van der Waals surface area contributed by atoms with Gasteiger partial charge < -0.3 is 15.7 Å². The number of hydrogen-bond donors (Lipinski definition) is 3. The number of carbonyl (C=O) groups excluding carboxylic acids is 1. The van der Waals surface area contributed by atoms with E-state index < -0.39 is 6.04 Å². The average molecular weight is 382 g/mol. The fourth-order valence-corrected chi connectivity index (χ4v) is 3.52. The number of benzene rings is 4. The van der Waals surface area contributed by atoms with E-state index in [0.717, 1.165) is 21.9 Å². The first-order valence-corrected chi connectivity index (χ1v) is 9.56. The Morgan fingerprint density at radius 2 is 1.45 bits per heavy atom. The molecule has 4 rings (SSSR count). The fraction of sp³-hybridized carbons (Fsp3) is 0.0800. The number of urea groups is 1. The number of hydrogen-bond acceptors (Lipinski definition) is 2. The molecule has 0 bridgehead atoms. The fourth-order valence-electron chi connectivity index (χ4n) is 3.52. The predicted octanol–water partition coefficient (Wildman–Crippen LogP) is 5.13. The molecule has 0 saturated heterocycles. The third kappa shape index (κ3) is 4.22. The van der Waals surface area contributed by atoms with E-state index in [2.05, 4.69) is 10.6 Å². The van der Waals surface area contributed by atoms with Crippen molar-refractivity contribution in [2.24, 2.45) is 0 Å². The first-order valence-electron chi connectivity index (χ1n) is 9.56. The van der Waals surface area contributed by atoms with E-state index in [9.17, 15) is 9.90 Å². The van der Waals surface area contributed by atoms with Gasteiger partial charge in [-0.1, -0.05) is 91.0 Å². The van der Waals surface area contributed by atoms with Crippen LogP contribution in [0.15, 0.2) is 97.1 Å². The second-order valence-corrected chi connectivity index (χ2v) is 6.88. The summed E-state index contributed by atoms with van der Waals surface area (Å²) in [5, 5.41) is 18.6. The number of fused-ring (bicyclic) bond motifs is 1. The molecule has 3 N–H and O–H groups in total. The van der Waals surface area contributed by atoms with Crippen molar-refractivity contribution in [2.75, 3.05) is 0 Å². The molecule has 0 radical (unpaired) electrons. The van der Waals surface area contributed by atoms with Crippen LogP contribution in [0.4, 0.5) is 4.79 Å². The molecule has 0 fully saturated rings. The average Bonchev–Trinajstić information content (AvgIpc) is 2.78. The van der Waals surface area contributed by atoms with Crippen LogP contribution in [-0.4, -0.2) is 11.1 Å². The van der Waals surface area contributed by atoms with E-state index in [1.807, 2.05) is 91.0 Å². The van der Waals surface area contributed by atoms with E-state index in [-0.39, 0.29) is 11.8 Å². The molecule has 1 atom stereocenters. The maximum Gasteiger partial charge on any atom is 0.315 e. The minimum Gasteiger partial charge on any atom is -0.508 e. The van der Waals surface area contributed by atoms with Crippen LogP contribution >= 0.6 is 0 Å². The zero-order valence-electron chi connectivity index (χ0n) is 15.9. The lowest BCUT2D eigenvalue weighted by molar-refractivity contribution is 0.238. The second-order valence-electron chi connectivity index (χ2n) is 6.88. The van der Waals surface area contributed by atoms with E-state index in [0.29, 0.717) is 12.1 Å². The van der Waals surface area contributed by atoms with Gasteiger partial charge in [0, 0.05) is 12.1 Å². The van der Waals surface area contributed by atoms with Crippen LogP contribution < -0.4 is 10.6 Å². The monoisotopic (exact) mass is 382 g/mol. The second kappa shape index (κ2) is 8.48. The van der Waals surface area contributed by atoms with Gasteiger partial charge in [0.1, 0.15) is 5.75 Å². The Balaban J connectivity index is 1.67. The van der Waals surface area contributed by atoms with Crippen molar-refractivity contribution in [1.29, 1.82) is 0 Å². The van der Waals surface area contributed by atoms with Gasteiger partial charge in [-0.05, 0) is 28.0 Å². The van der Waals surface area contributed by atoms with Gasteiger partial charge in [-0.2, -0.15) is 0 Å². The minimum atomic E-state index is -0.488. The van der Waals surface area contributed by atoms with Gasteiger partial charge in [0.15, 0.2) is 0 Å². The number of amides is 2. The van der Waals surface area contributed by atoms with E-state index in [1.54, 1.807) is 6.07 Å². The molecule has 1 unspecified atom stereocenters. The van der Waals surface area contributed by atoms with Gasteiger partial charge in [-0.15, -0.1) is 0 Å². The van der Waals surface area contributed by atoms with E-state index in [1.165, 1.54) is 0 Å². The number of phenolic OH excluding ortho intramolecular Hbond substituents is 1. The Morgan fingerprint density at radius 3 is 2.21 bits per heavy atom. The van der Waals surface area contributed by atoms with Crippen molar-refractivity contribution in [3.05, 3.63) is 114 Å². The number of rotatable bonds is 5. The van der Waals surface area contributed by atoms with Crippen LogP contribution in [0.25, 0.3) is 10.8 Å². The smallest absolute Gasteiger partial charge is 0.315 e. The predicted molar refractivity (Wildman–Crippen MR) is 116 cm³/mol. The van der Waals surface area contributed by atoms with Crippen molar-refractivity contribution >= 4 is 16.8 Å². The topological polar surface area (TPSA) is 61.4 Å². The number of carbonyl (C=O) groups is 1. The lowest BCUT2D eigenvalue weighted by Crippen LogP contribution is -2.38. The third-order valence-electron chi connectivity index (χ3n) is 4.94. The molecule has 4 heteroatoms. The van der Waals surface area contributed by atoms with Crippen LogP contribution in [0.5, 0.6) is 5.75 Å². The Hall–Kier alpha value is -3.79. The molecule has 0 aromatic heterocycles. The Kier molecular flexibility index (Phi) is 5.43. The zero-order valence-corrected chi connectivity index (χ0v) is 15.9. The Morgan fingerprint density at radius 1 is 0.793 bits per heavy atom. The summed E-state index contributed by atoms with van der Waals surface area (Å²) >= 11 is 0. The largest absolute Gasteiger partial charge is 0.508 e. The summed E-state index contributed by atoms with van der Waals surface area (Å²) in [5.74, 6) is 0.154. The zero-order chi connectivity index (χ0) is 20.1. The summed E-state index contributed by atoms with van der Waals surface area (Å²) in [6.45, 7) is 0.426. The highest BCUT2D eigenvalue weighted by Crippen LogP contribution is 2.35. The highest BCUT2D eigenvalue weighted by atomic mass is 16.3. The van der Waals surface area contributed by atoms with Crippen molar-refractivity contribution < 1.29 is 9.90 Å². The molecule has 0 aliphatic heterocycles. The third-order valence-corrected chi connectivity index (χ3v) is 4.94. The van der Waals surface area contributed by atoms with Crippen molar-refractivity contribution in [1.82, 2.24) is 10.6 Å². The van der Waals surface area contributed by atoms with Crippen LogP contribution in [-0.2, 0) is 6.54 Å². The summed E-state index contributed by atoms with van der Waals surface area (Å²) in [6.07, 6.45) is 0. The molecular formula is C25H22N2O2. The SMILES string of the molecule is O=C(NCc1ccccc1)NC(c1ccccc1)c1c(O)ccc2ccccc12. The molecule has 4 aromatic rings. The Labute approximate surface area is 169 Å². The molecule has 29 heavy (non-hydrogen) atoms. The van der Waals surface area contributed by atoms with Gasteiger partial charge in [0.2, 0.25) is 0 Å². The maximum absolute atomic E-state index is 12.7. The summed E-state index contributed by atoms with van der Waals surface area (Å²) in [5.41, 5.74) is 2.60. The molecule has 0 aliphatic carbocycles. The molecule has 0 saturated carbocycles. The molecule has 0 aliphatic rings. The number of phenols is 1. The summed E-state index contributed by atoms with van der Waals surface area (Å²) in [4.78, 5) is 12.7. The van der Waals surface area contributed by atoms with Crippen LogP contribution in [0.2, 0.25) is 0 Å². The van der Waals surface area contributed by atoms with Crippen molar-refractivity contribution in [3.63, 3.8) is 0 Å². The summed E-state index contributed by atoms with van der Waals surface area (Å²) < 4.78 is 0. The quantitative estimate of drug-likeness (QED) is 0.448. The van der Waals surface area contributed by atoms with E-state index in [4.69, 9.17) is 0 Å². The minimum absolute atomic E-state index is 0.154. The summed E-state index contributed by atoms with van der Waals surface area (Å²) in [7, 11) is 0. The molecular weight excluding hydrogens is 360 g/mol. The first kappa shape index (κ1) is 18.6. The molecule has 0 heterocycles. The number of aromatic hydroxyl groups is 1. The van der Waals surface area contributed by atoms with Crippen LogP contribution in [0.1, 0.15) is 22.7 Å². The van der Waals surface area contributed by atoms with Crippen molar-refractivity contribution in [3.8, 4) is 5.75 Å². The molecule has 4 aromatic carbocycles. The first-order chi connectivity index (χ1) is 14.2. The van der Waals surface area contributed by atoms with Gasteiger partial charge in [0.05, 0.1) is 6.04 Å². The lowest BCUT2D eigenvalue weighted by Gasteiger charge is -2.23. The van der Waals surface area contributed by atoms with E-state index >= 15 is 0 Å². The molecule has 4 nitrogen and oxygen atoms in total. The molecule has 0 spiro atoms. The van der Waals surface area contributed by atoms with Gasteiger partial charge in [-0.25, -0.2) is 4.79 Å². The van der Waals surface area contributed by atoms with Gasteiger partial charge >= 0.3 is 6.03 Å².